The van der Waals surface area contributed by atoms with Crippen molar-refractivity contribution in [3.63, 3.8) is 0 Å². The molecule has 4 atom stereocenters. The largest absolute Gasteiger partial charge is 0.421 e. The SMILES string of the molecule is C[C@H]1C[C@](C#N)(c2ccccc2)CC[C@H]1N(C(=O)c1ccc([C@](C)(O)C(F)(F)F)cc1)C1CC1. The predicted molar refractivity (Wildman–Crippen MR) is 122 cm³/mol. The van der Waals surface area contributed by atoms with Crippen LogP contribution >= 0.6 is 0 Å². The van der Waals surface area contributed by atoms with Gasteiger partial charge in [0.2, 0.25) is 0 Å². The van der Waals surface area contributed by atoms with Crippen LogP contribution < -0.4 is 0 Å². The highest BCUT2D eigenvalue weighted by Gasteiger charge is 2.51. The molecule has 0 bridgehead atoms. The fourth-order valence-electron chi connectivity index (χ4n) is 5.26. The minimum absolute atomic E-state index is 0.0388. The highest BCUT2D eigenvalue weighted by Crippen LogP contribution is 2.46. The molecule has 0 saturated heterocycles. The molecule has 2 aliphatic rings. The van der Waals surface area contributed by atoms with Gasteiger partial charge in [0, 0.05) is 17.6 Å². The first-order valence-corrected chi connectivity index (χ1v) is 11.7. The second kappa shape index (κ2) is 8.74. The van der Waals surface area contributed by atoms with Crippen molar-refractivity contribution in [1.82, 2.24) is 4.90 Å². The summed E-state index contributed by atoms with van der Waals surface area (Å²) in [5, 5.41) is 20.0. The zero-order valence-corrected chi connectivity index (χ0v) is 19.3. The lowest BCUT2D eigenvalue weighted by molar-refractivity contribution is -0.258. The molecule has 1 N–H and O–H groups in total. The summed E-state index contributed by atoms with van der Waals surface area (Å²) in [6.45, 7) is 2.78. The Morgan fingerprint density at radius 2 is 1.71 bits per heavy atom. The number of aliphatic hydroxyl groups is 1. The molecular formula is C27H29F3N2O2. The van der Waals surface area contributed by atoms with Crippen LogP contribution in [0.4, 0.5) is 13.2 Å². The number of carbonyl (C=O) groups excluding carboxylic acids is 1. The number of hydrogen-bond acceptors (Lipinski definition) is 3. The molecule has 180 valence electrons. The van der Waals surface area contributed by atoms with Gasteiger partial charge in [-0.3, -0.25) is 4.79 Å². The summed E-state index contributed by atoms with van der Waals surface area (Å²) >= 11 is 0. The third-order valence-electron chi connectivity index (χ3n) is 7.51. The Kier molecular flexibility index (Phi) is 6.24. The number of benzene rings is 2. The summed E-state index contributed by atoms with van der Waals surface area (Å²) < 4.78 is 39.5. The van der Waals surface area contributed by atoms with Crippen LogP contribution in [0.2, 0.25) is 0 Å². The van der Waals surface area contributed by atoms with Crippen molar-refractivity contribution in [3.05, 3.63) is 71.3 Å². The summed E-state index contributed by atoms with van der Waals surface area (Å²) in [4.78, 5) is 15.4. The van der Waals surface area contributed by atoms with Gasteiger partial charge in [-0.2, -0.15) is 18.4 Å². The van der Waals surface area contributed by atoms with Crippen molar-refractivity contribution in [2.75, 3.05) is 0 Å². The average molecular weight is 471 g/mol. The van der Waals surface area contributed by atoms with Gasteiger partial charge in [-0.25, -0.2) is 0 Å². The molecule has 7 heteroatoms. The van der Waals surface area contributed by atoms with E-state index in [1.54, 1.807) is 0 Å². The molecule has 2 aromatic carbocycles. The highest BCUT2D eigenvalue weighted by molar-refractivity contribution is 5.95. The van der Waals surface area contributed by atoms with Crippen LogP contribution in [-0.2, 0) is 11.0 Å². The van der Waals surface area contributed by atoms with Crippen molar-refractivity contribution < 1.29 is 23.1 Å². The lowest BCUT2D eigenvalue weighted by Crippen LogP contribution is -2.50. The summed E-state index contributed by atoms with van der Waals surface area (Å²) in [6, 6.07) is 17.5. The molecule has 2 aromatic rings. The van der Waals surface area contributed by atoms with Gasteiger partial charge in [-0.1, -0.05) is 49.4 Å². The molecule has 0 aromatic heterocycles. The quantitative estimate of drug-likeness (QED) is 0.609. The topological polar surface area (TPSA) is 64.3 Å². The van der Waals surface area contributed by atoms with E-state index in [0.717, 1.165) is 18.4 Å². The highest BCUT2D eigenvalue weighted by atomic mass is 19.4. The second-order valence-electron chi connectivity index (χ2n) is 9.94. The van der Waals surface area contributed by atoms with E-state index in [0.29, 0.717) is 31.7 Å². The molecule has 0 unspecified atom stereocenters. The molecule has 34 heavy (non-hydrogen) atoms. The Labute approximate surface area is 198 Å². The first-order chi connectivity index (χ1) is 16.0. The van der Waals surface area contributed by atoms with E-state index in [1.165, 1.54) is 24.3 Å². The number of carbonyl (C=O) groups is 1. The number of nitrogens with zero attached hydrogens (tertiary/aromatic N) is 2. The Morgan fingerprint density at radius 1 is 1.09 bits per heavy atom. The zero-order valence-electron chi connectivity index (χ0n) is 19.3. The van der Waals surface area contributed by atoms with Crippen LogP contribution in [-0.4, -0.2) is 34.2 Å². The van der Waals surface area contributed by atoms with Crippen LogP contribution in [0.1, 0.15) is 67.4 Å². The monoisotopic (exact) mass is 470 g/mol. The van der Waals surface area contributed by atoms with E-state index in [9.17, 15) is 28.3 Å². The van der Waals surface area contributed by atoms with Crippen LogP contribution in [0.3, 0.4) is 0 Å². The Bertz CT molecular complexity index is 1070. The van der Waals surface area contributed by atoms with Crippen LogP contribution in [0.5, 0.6) is 0 Å². The van der Waals surface area contributed by atoms with E-state index < -0.39 is 17.2 Å². The van der Waals surface area contributed by atoms with Crippen molar-refractivity contribution in [1.29, 1.82) is 5.26 Å². The maximum absolute atomic E-state index is 13.5. The standard InChI is InChI=1S/C27H29F3N2O2/c1-18-16-26(17-31,21-6-4-3-5-7-21)15-14-23(18)32(22-12-13-22)24(33)19-8-10-20(11-9-19)25(2,34)27(28,29)30/h3-11,18,22-23,34H,12-16H2,1-2H3/t18-,23+,25-,26+/m0/s1. The fraction of sp³-hybridized carbons (Fsp3) is 0.481. The molecule has 0 heterocycles. The van der Waals surface area contributed by atoms with E-state index in [-0.39, 0.29) is 29.5 Å². The number of alkyl halides is 3. The first-order valence-electron chi connectivity index (χ1n) is 11.7. The molecule has 4 nitrogen and oxygen atoms in total. The third kappa shape index (κ3) is 4.32. The van der Waals surface area contributed by atoms with Crippen molar-refractivity contribution in [2.24, 2.45) is 5.92 Å². The fourth-order valence-corrected chi connectivity index (χ4v) is 5.26. The van der Waals surface area contributed by atoms with E-state index in [4.69, 9.17) is 0 Å². The summed E-state index contributed by atoms with van der Waals surface area (Å²) in [5.74, 6) is -0.120. The molecule has 0 spiro atoms. The Morgan fingerprint density at radius 3 is 2.21 bits per heavy atom. The number of amides is 1. The number of halogens is 3. The summed E-state index contributed by atoms with van der Waals surface area (Å²) in [5.41, 5.74) is -2.57. The van der Waals surface area contributed by atoms with Crippen molar-refractivity contribution in [2.45, 2.75) is 75.2 Å². The van der Waals surface area contributed by atoms with E-state index in [1.807, 2.05) is 35.2 Å². The minimum atomic E-state index is -4.82. The van der Waals surface area contributed by atoms with E-state index >= 15 is 0 Å². The van der Waals surface area contributed by atoms with Gasteiger partial charge in [0.15, 0.2) is 5.60 Å². The summed E-state index contributed by atoms with van der Waals surface area (Å²) in [6.07, 6.45) is -1.04. The van der Waals surface area contributed by atoms with Crippen LogP contribution in [0.15, 0.2) is 54.6 Å². The minimum Gasteiger partial charge on any atom is -0.376 e. The first kappa shape index (κ1) is 24.3. The van der Waals surface area contributed by atoms with Gasteiger partial charge in [-0.15, -0.1) is 0 Å². The van der Waals surface area contributed by atoms with Crippen LogP contribution in [0, 0.1) is 17.2 Å². The van der Waals surface area contributed by atoms with Crippen LogP contribution in [0.25, 0.3) is 0 Å². The average Bonchev–Trinajstić information content (AvgIpc) is 3.65. The number of rotatable bonds is 5. The normalized spacial score (nSPS) is 26.9. The molecule has 2 aliphatic carbocycles. The molecule has 0 radical (unpaired) electrons. The number of nitriles is 1. The second-order valence-corrected chi connectivity index (χ2v) is 9.94. The van der Waals surface area contributed by atoms with Gasteiger partial charge in [0.05, 0.1) is 11.5 Å². The van der Waals surface area contributed by atoms with Gasteiger partial charge in [0.25, 0.3) is 5.91 Å². The Balaban J connectivity index is 1.55. The maximum atomic E-state index is 13.5. The van der Waals surface area contributed by atoms with Crippen molar-refractivity contribution >= 4 is 5.91 Å². The third-order valence-corrected chi connectivity index (χ3v) is 7.51. The van der Waals surface area contributed by atoms with Gasteiger partial charge in [-0.05, 0) is 68.2 Å². The molecule has 1 amide bonds. The molecular weight excluding hydrogens is 441 g/mol. The number of hydrogen-bond donors (Lipinski definition) is 1. The van der Waals surface area contributed by atoms with Gasteiger partial charge >= 0.3 is 6.18 Å². The molecule has 0 aliphatic heterocycles. The molecule has 4 rings (SSSR count). The van der Waals surface area contributed by atoms with E-state index in [2.05, 4.69) is 13.0 Å². The summed E-state index contributed by atoms with van der Waals surface area (Å²) in [7, 11) is 0. The lowest BCUT2D eigenvalue weighted by atomic mass is 9.65. The lowest BCUT2D eigenvalue weighted by Gasteiger charge is -2.45. The maximum Gasteiger partial charge on any atom is 0.421 e. The smallest absolute Gasteiger partial charge is 0.376 e. The molecule has 2 fully saturated rings. The predicted octanol–water partition coefficient (Wildman–Crippen LogP) is 5.71. The zero-order chi connectivity index (χ0) is 24.7. The van der Waals surface area contributed by atoms with Gasteiger partial charge < -0.3 is 10.0 Å². The van der Waals surface area contributed by atoms with Crippen molar-refractivity contribution in [3.8, 4) is 6.07 Å². The Hall–Kier alpha value is -2.85. The van der Waals surface area contributed by atoms with Gasteiger partial charge in [0.1, 0.15) is 0 Å². The molecule has 2 saturated carbocycles.